The van der Waals surface area contributed by atoms with Gasteiger partial charge in [-0.2, -0.15) is 0 Å². The first-order chi connectivity index (χ1) is 11.3. The number of aryl methyl sites for hydroxylation is 1. The summed E-state index contributed by atoms with van der Waals surface area (Å²) in [6.45, 7) is 7.61. The summed E-state index contributed by atoms with van der Waals surface area (Å²) in [6, 6.07) is 9.40. The number of hydrogen-bond donors (Lipinski definition) is 3. The molecule has 0 atom stereocenters. The molecule has 4 N–H and O–H groups in total. The first-order valence-electron chi connectivity index (χ1n) is 9.00. The molecule has 4 nitrogen and oxygen atoms in total. The molecular weight excluding hydrogens is 354 g/mol. The largest absolute Gasteiger partial charge is 0.494 e. The highest BCUT2D eigenvalue weighted by Crippen LogP contribution is 2.17. The van der Waals surface area contributed by atoms with E-state index in [1.165, 1.54) is 18.9 Å². The predicted molar refractivity (Wildman–Crippen MR) is 111 cm³/mol. The van der Waals surface area contributed by atoms with Gasteiger partial charge in [0.1, 0.15) is 5.75 Å². The summed E-state index contributed by atoms with van der Waals surface area (Å²) in [5.41, 5.74) is 6.12. The highest BCUT2D eigenvalue weighted by Gasteiger charge is 2.22. The second-order valence-corrected chi connectivity index (χ2v) is 13.7. The van der Waals surface area contributed by atoms with Crippen molar-refractivity contribution in [2.75, 3.05) is 19.8 Å². The summed E-state index contributed by atoms with van der Waals surface area (Å²) < 4.78 is 5.79. The first kappa shape index (κ1) is 24.4. The van der Waals surface area contributed by atoms with Gasteiger partial charge in [0.2, 0.25) is 0 Å². The van der Waals surface area contributed by atoms with Crippen molar-refractivity contribution in [1.29, 1.82) is 0 Å². The molecule has 1 aromatic carbocycles. The van der Waals surface area contributed by atoms with Crippen molar-refractivity contribution in [2.45, 2.75) is 63.3 Å². The Morgan fingerprint density at radius 1 is 1.00 bits per heavy atom. The Labute approximate surface area is 160 Å². The molecule has 25 heavy (non-hydrogen) atoms. The lowest BCUT2D eigenvalue weighted by Crippen LogP contribution is -2.47. The van der Waals surface area contributed by atoms with Crippen molar-refractivity contribution >= 4 is 20.5 Å². The fourth-order valence-corrected chi connectivity index (χ4v) is 3.79. The Morgan fingerprint density at radius 2 is 1.60 bits per heavy atom. The molecule has 0 unspecified atom stereocenters. The van der Waals surface area contributed by atoms with E-state index < -0.39 is 13.6 Å². The van der Waals surface area contributed by atoms with Gasteiger partial charge in [0.25, 0.3) is 0 Å². The fourth-order valence-electron chi connectivity index (χ4n) is 2.48. The van der Waals surface area contributed by atoms with Crippen LogP contribution in [0.2, 0.25) is 25.7 Å². The molecule has 0 aliphatic heterocycles. The summed E-state index contributed by atoms with van der Waals surface area (Å²) >= 11 is 0. The highest BCUT2D eigenvalue weighted by atomic mass is 35.5. The maximum absolute atomic E-state index is 9.21. The Bertz CT molecular complexity index is 459. The van der Waals surface area contributed by atoms with Crippen LogP contribution < -0.4 is 10.5 Å². The third kappa shape index (κ3) is 10.9. The summed E-state index contributed by atoms with van der Waals surface area (Å²) in [5, 5.41) is 18.4. The van der Waals surface area contributed by atoms with Crippen LogP contribution in [0.25, 0.3) is 0 Å². The number of nitrogens with two attached hydrogens (primary N) is 1. The van der Waals surface area contributed by atoms with Gasteiger partial charge in [-0.05, 0) is 37.0 Å². The van der Waals surface area contributed by atoms with Crippen LogP contribution in [-0.4, -0.2) is 43.6 Å². The molecule has 0 amide bonds. The van der Waals surface area contributed by atoms with E-state index in [0.29, 0.717) is 6.42 Å². The van der Waals surface area contributed by atoms with E-state index >= 15 is 0 Å². The van der Waals surface area contributed by atoms with Crippen LogP contribution in [0.5, 0.6) is 5.75 Å². The van der Waals surface area contributed by atoms with Crippen LogP contribution in [0.15, 0.2) is 24.3 Å². The van der Waals surface area contributed by atoms with Gasteiger partial charge in [0, 0.05) is 8.07 Å². The monoisotopic (exact) mass is 389 g/mol. The Balaban J connectivity index is 0.00000576. The lowest BCUT2D eigenvalue weighted by atomic mass is 9.94. The zero-order chi connectivity index (χ0) is 18.1. The molecule has 0 saturated carbocycles. The summed E-state index contributed by atoms with van der Waals surface area (Å²) in [5.74, 6) is 0.896. The van der Waals surface area contributed by atoms with Crippen LogP contribution >= 0.6 is 12.4 Å². The SMILES string of the molecule is C[Si](C)(C)CCCCCOc1ccc(CCC(N)(CO)CO)cc1.Cl. The molecule has 0 bridgehead atoms. The van der Waals surface area contributed by atoms with Gasteiger partial charge in [-0.25, -0.2) is 0 Å². The van der Waals surface area contributed by atoms with Gasteiger partial charge in [0.15, 0.2) is 0 Å². The van der Waals surface area contributed by atoms with Gasteiger partial charge >= 0.3 is 0 Å². The van der Waals surface area contributed by atoms with E-state index in [0.717, 1.165) is 30.8 Å². The van der Waals surface area contributed by atoms with Crippen LogP contribution in [-0.2, 0) is 6.42 Å². The molecule has 6 heteroatoms. The van der Waals surface area contributed by atoms with Gasteiger partial charge < -0.3 is 20.7 Å². The molecule has 0 aliphatic carbocycles. The topological polar surface area (TPSA) is 75.7 Å². The second kappa shape index (κ2) is 11.9. The minimum atomic E-state index is -0.898. The van der Waals surface area contributed by atoms with E-state index in [2.05, 4.69) is 19.6 Å². The molecule has 0 heterocycles. The molecule has 0 radical (unpaired) electrons. The quantitative estimate of drug-likeness (QED) is 0.377. The normalized spacial score (nSPS) is 11.9. The minimum absolute atomic E-state index is 0. The maximum Gasteiger partial charge on any atom is 0.119 e. The van der Waals surface area contributed by atoms with E-state index in [1.807, 2.05) is 24.3 Å². The molecular formula is C19H36ClNO3Si. The minimum Gasteiger partial charge on any atom is -0.494 e. The lowest BCUT2D eigenvalue weighted by molar-refractivity contribution is 0.115. The standard InChI is InChI=1S/C19H35NO3Si.ClH/c1-24(2,3)14-6-4-5-13-23-18-9-7-17(8-10-18)11-12-19(20,15-21)16-22;/h7-10,21-22H,4-6,11-16,20H2,1-3H3;1H. The van der Waals surface area contributed by atoms with E-state index in [1.54, 1.807) is 0 Å². The average Bonchev–Trinajstić information content (AvgIpc) is 2.56. The summed E-state index contributed by atoms with van der Waals surface area (Å²) in [6.07, 6.45) is 4.94. The van der Waals surface area contributed by atoms with Gasteiger partial charge in [-0.3, -0.25) is 0 Å². The van der Waals surface area contributed by atoms with Crippen LogP contribution in [0.1, 0.15) is 31.2 Å². The molecule has 0 spiro atoms. The van der Waals surface area contributed by atoms with Crippen molar-refractivity contribution in [3.05, 3.63) is 29.8 Å². The summed E-state index contributed by atoms with van der Waals surface area (Å²) in [7, 11) is -0.896. The van der Waals surface area contributed by atoms with Gasteiger partial charge in [0.05, 0.1) is 25.4 Å². The van der Waals surface area contributed by atoms with Crippen molar-refractivity contribution < 1.29 is 14.9 Å². The zero-order valence-corrected chi connectivity index (χ0v) is 17.8. The summed E-state index contributed by atoms with van der Waals surface area (Å²) in [4.78, 5) is 0. The number of rotatable bonds is 12. The van der Waals surface area contributed by atoms with Crippen LogP contribution in [0.3, 0.4) is 0 Å². The number of unbranched alkanes of at least 4 members (excludes halogenated alkanes) is 2. The smallest absolute Gasteiger partial charge is 0.119 e. The van der Waals surface area contributed by atoms with E-state index in [-0.39, 0.29) is 25.6 Å². The first-order valence-corrected chi connectivity index (χ1v) is 12.7. The fraction of sp³-hybridized carbons (Fsp3) is 0.684. The predicted octanol–water partition coefficient (Wildman–Crippen LogP) is 3.61. The molecule has 0 aromatic heterocycles. The molecule has 0 aliphatic rings. The van der Waals surface area contributed by atoms with Gasteiger partial charge in [-0.1, -0.05) is 50.7 Å². The maximum atomic E-state index is 9.21. The molecule has 0 saturated heterocycles. The third-order valence-electron chi connectivity index (χ3n) is 4.30. The molecule has 146 valence electrons. The Kier molecular flexibility index (Phi) is 11.6. The van der Waals surface area contributed by atoms with Crippen molar-refractivity contribution in [3.8, 4) is 5.75 Å². The number of aliphatic hydroxyl groups is 2. The van der Waals surface area contributed by atoms with Crippen molar-refractivity contribution in [3.63, 3.8) is 0 Å². The van der Waals surface area contributed by atoms with Gasteiger partial charge in [-0.15, -0.1) is 12.4 Å². The van der Waals surface area contributed by atoms with Crippen LogP contribution in [0.4, 0.5) is 0 Å². The number of hydrogen-bond acceptors (Lipinski definition) is 4. The second-order valence-electron chi connectivity index (χ2n) is 8.04. The van der Waals surface area contributed by atoms with Crippen LogP contribution in [0, 0.1) is 0 Å². The van der Waals surface area contributed by atoms with E-state index in [4.69, 9.17) is 10.5 Å². The number of ether oxygens (including phenoxy) is 1. The molecule has 1 rings (SSSR count). The highest BCUT2D eigenvalue weighted by molar-refractivity contribution is 6.76. The number of benzene rings is 1. The third-order valence-corrected chi connectivity index (χ3v) is 6.16. The van der Waals surface area contributed by atoms with Crippen molar-refractivity contribution in [1.82, 2.24) is 0 Å². The Morgan fingerprint density at radius 3 is 2.12 bits per heavy atom. The number of aliphatic hydroxyl groups excluding tert-OH is 2. The molecule has 1 aromatic rings. The average molecular weight is 390 g/mol. The van der Waals surface area contributed by atoms with Crippen molar-refractivity contribution in [2.24, 2.45) is 5.73 Å². The zero-order valence-electron chi connectivity index (χ0n) is 16.0. The van der Waals surface area contributed by atoms with E-state index in [9.17, 15) is 10.2 Å². The lowest BCUT2D eigenvalue weighted by Gasteiger charge is -2.24. The number of halogens is 1. The molecule has 0 fully saturated rings. The Hall–Kier alpha value is -0.593.